The summed E-state index contributed by atoms with van der Waals surface area (Å²) in [5.74, 6) is -1.02. The van der Waals surface area contributed by atoms with Crippen LogP contribution in [0.3, 0.4) is 0 Å². The molecular formula is C22H47O5P. The molecule has 2 N–H and O–H groups in total. The minimum absolute atomic E-state index is 0.0861. The van der Waals surface area contributed by atoms with E-state index in [4.69, 9.17) is 9.05 Å². The van der Waals surface area contributed by atoms with E-state index >= 15 is 0 Å². The highest BCUT2D eigenvalue weighted by Crippen LogP contribution is 2.51. The second-order valence-electron chi connectivity index (χ2n) is 8.00. The molecule has 0 saturated carbocycles. The van der Waals surface area contributed by atoms with Gasteiger partial charge in [-0.1, -0.05) is 96.8 Å². The molecule has 28 heavy (non-hydrogen) atoms. The molecule has 0 aliphatic rings. The van der Waals surface area contributed by atoms with Crippen LogP contribution in [0.15, 0.2) is 0 Å². The second-order valence-corrected chi connectivity index (χ2v) is 10.4. The number of hydrogen-bond acceptors (Lipinski definition) is 5. The van der Waals surface area contributed by atoms with Gasteiger partial charge in [0.05, 0.1) is 6.10 Å². The summed E-state index contributed by atoms with van der Waals surface area (Å²) in [4.78, 5) is 0. The number of hydrogen-bond donors (Lipinski definition) is 2. The molecule has 0 spiro atoms. The molecule has 0 aliphatic heterocycles. The Kier molecular flexibility index (Phi) is 19.1. The first kappa shape index (κ1) is 28.1. The van der Waals surface area contributed by atoms with Crippen molar-refractivity contribution in [2.24, 2.45) is 0 Å². The van der Waals surface area contributed by atoms with Crippen LogP contribution in [0, 0.1) is 0 Å². The van der Waals surface area contributed by atoms with Crippen LogP contribution in [0.25, 0.3) is 0 Å². The molecule has 5 nitrogen and oxygen atoms in total. The average Bonchev–Trinajstić information content (AvgIpc) is 2.71. The summed E-state index contributed by atoms with van der Waals surface area (Å²) in [5, 5.41) is 19.8. The fourth-order valence-corrected chi connectivity index (χ4v) is 4.68. The van der Waals surface area contributed by atoms with E-state index in [-0.39, 0.29) is 6.10 Å². The second kappa shape index (κ2) is 19.1. The Morgan fingerprint density at radius 3 is 1.39 bits per heavy atom. The van der Waals surface area contributed by atoms with Crippen molar-refractivity contribution >= 4 is 7.60 Å². The Morgan fingerprint density at radius 2 is 1.00 bits per heavy atom. The van der Waals surface area contributed by atoms with Gasteiger partial charge in [-0.3, -0.25) is 4.57 Å². The molecule has 0 aromatic rings. The van der Waals surface area contributed by atoms with E-state index in [0.717, 1.165) is 38.5 Å². The Bertz CT molecular complexity index is 370. The maximum absolute atomic E-state index is 12.0. The maximum atomic E-state index is 12.0. The van der Waals surface area contributed by atoms with Gasteiger partial charge in [-0.05, 0) is 19.3 Å². The van der Waals surface area contributed by atoms with Gasteiger partial charge in [0.15, 0.2) is 5.85 Å². The Balaban J connectivity index is 3.35. The normalized spacial score (nSPS) is 14.3. The lowest BCUT2D eigenvalue weighted by atomic mass is 10.0. The Hall–Kier alpha value is 0.0700. The highest BCUT2D eigenvalue weighted by Gasteiger charge is 2.31. The van der Waals surface area contributed by atoms with E-state index in [0.29, 0.717) is 6.42 Å². The van der Waals surface area contributed by atoms with Crippen LogP contribution >= 0.6 is 7.60 Å². The third kappa shape index (κ3) is 15.0. The van der Waals surface area contributed by atoms with Gasteiger partial charge in [0.1, 0.15) is 0 Å². The van der Waals surface area contributed by atoms with E-state index in [1.165, 1.54) is 78.4 Å². The number of aliphatic hydroxyl groups excluding tert-OH is 2. The molecule has 0 saturated heterocycles. The molecule has 1 unspecified atom stereocenters. The summed E-state index contributed by atoms with van der Waals surface area (Å²) in [6, 6.07) is 0. The highest BCUT2D eigenvalue weighted by atomic mass is 31.2. The van der Waals surface area contributed by atoms with Crippen molar-refractivity contribution < 1.29 is 23.8 Å². The summed E-state index contributed by atoms with van der Waals surface area (Å²) in [6.45, 7) is 2.22. The zero-order valence-corrected chi connectivity index (χ0v) is 19.6. The van der Waals surface area contributed by atoms with Crippen molar-refractivity contribution in [1.29, 1.82) is 0 Å². The van der Waals surface area contributed by atoms with Gasteiger partial charge in [-0.15, -0.1) is 0 Å². The lowest BCUT2D eigenvalue weighted by Gasteiger charge is -2.19. The zero-order chi connectivity index (χ0) is 21.1. The molecule has 170 valence electrons. The summed E-state index contributed by atoms with van der Waals surface area (Å²) < 4.78 is 21.6. The van der Waals surface area contributed by atoms with Gasteiger partial charge in [-0.25, -0.2) is 0 Å². The minimum atomic E-state index is -3.33. The molecule has 0 aromatic carbocycles. The standard InChI is InChI=1S/C22H47O5P/c1-4-5-6-15-18-21(23)19-16-13-11-9-7-8-10-12-14-17-20-22(24)28(25,26-2)27-3/h21-24H,4-20H2,1-3H3/t21-,22?/m1/s1. The van der Waals surface area contributed by atoms with Crippen LogP contribution < -0.4 is 0 Å². The largest absolute Gasteiger partial charge is 0.393 e. The molecule has 0 heterocycles. The van der Waals surface area contributed by atoms with Gasteiger partial charge >= 0.3 is 7.60 Å². The predicted octanol–water partition coefficient (Wildman–Crippen LogP) is 6.80. The van der Waals surface area contributed by atoms with Crippen LogP contribution in [0.2, 0.25) is 0 Å². The van der Waals surface area contributed by atoms with Gasteiger partial charge in [0.25, 0.3) is 0 Å². The quantitative estimate of drug-likeness (QED) is 0.157. The number of rotatable bonds is 21. The molecule has 0 aromatic heterocycles. The maximum Gasteiger partial charge on any atom is 0.358 e. The van der Waals surface area contributed by atoms with E-state index in [1.807, 2.05) is 0 Å². The van der Waals surface area contributed by atoms with Crippen LogP contribution in [0.1, 0.15) is 116 Å². The monoisotopic (exact) mass is 422 g/mol. The topological polar surface area (TPSA) is 76.0 Å². The molecule has 0 radical (unpaired) electrons. The molecule has 0 aliphatic carbocycles. The average molecular weight is 423 g/mol. The smallest absolute Gasteiger partial charge is 0.358 e. The van der Waals surface area contributed by atoms with Gasteiger partial charge in [0, 0.05) is 14.2 Å². The van der Waals surface area contributed by atoms with Crippen molar-refractivity contribution in [2.45, 2.75) is 128 Å². The molecule has 6 heteroatoms. The summed E-state index contributed by atoms with van der Waals surface area (Å²) >= 11 is 0. The molecule has 0 fully saturated rings. The van der Waals surface area contributed by atoms with Crippen LogP contribution in [0.5, 0.6) is 0 Å². The summed E-state index contributed by atoms with van der Waals surface area (Å²) in [5.41, 5.74) is 0. The predicted molar refractivity (Wildman–Crippen MR) is 118 cm³/mol. The van der Waals surface area contributed by atoms with Crippen molar-refractivity contribution in [3.05, 3.63) is 0 Å². The number of aliphatic hydroxyl groups is 2. The minimum Gasteiger partial charge on any atom is -0.393 e. The van der Waals surface area contributed by atoms with E-state index in [2.05, 4.69) is 6.92 Å². The first-order valence-corrected chi connectivity index (χ1v) is 13.2. The molecular weight excluding hydrogens is 375 g/mol. The summed E-state index contributed by atoms with van der Waals surface area (Å²) in [6.07, 6.45) is 19.1. The van der Waals surface area contributed by atoms with Crippen molar-refractivity contribution in [3.8, 4) is 0 Å². The number of unbranched alkanes of at least 4 members (excludes halogenated alkanes) is 12. The molecule has 0 bridgehead atoms. The highest BCUT2D eigenvalue weighted by molar-refractivity contribution is 7.54. The van der Waals surface area contributed by atoms with E-state index in [1.54, 1.807) is 0 Å². The Morgan fingerprint density at radius 1 is 0.643 bits per heavy atom. The summed E-state index contributed by atoms with van der Waals surface area (Å²) in [7, 11) is -0.708. The van der Waals surface area contributed by atoms with Crippen molar-refractivity contribution in [3.63, 3.8) is 0 Å². The van der Waals surface area contributed by atoms with Crippen LogP contribution in [-0.4, -0.2) is 36.4 Å². The lowest BCUT2D eigenvalue weighted by Crippen LogP contribution is -2.10. The third-order valence-electron chi connectivity index (χ3n) is 5.51. The van der Waals surface area contributed by atoms with E-state index < -0.39 is 13.4 Å². The SMILES string of the molecule is CCCCCC[C@@H](O)CCCCCCCCCCCCC(O)P(=O)(OC)OC. The molecule has 0 amide bonds. The first-order chi connectivity index (χ1) is 13.5. The van der Waals surface area contributed by atoms with Crippen LogP contribution in [0.4, 0.5) is 0 Å². The fraction of sp³-hybridized carbons (Fsp3) is 1.00. The van der Waals surface area contributed by atoms with Gasteiger partial charge in [-0.2, -0.15) is 0 Å². The Labute approximate surface area is 174 Å². The first-order valence-electron chi connectivity index (χ1n) is 11.6. The van der Waals surface area contributed by atoms with Crippen LogP contribution in [-0.2, 0) is 13.6 Å². The zero-order valence-electron chi connectivity index (χ0n) is 18.7. The van der Waals surface area contributed by atoms with E-state index in [9.17, 15) is 14.8 Å². The van der Waals surface area contributed by atoms with Gasteiger partial charge in [0.2, 0.25) is 0 Å². The van der Waals surface area contributed by atoms with Crippen molar-refractivity contribution in [2.75, 3.05) is 14.2 Å². The molecule has 2 atom stereocenters. The fourth-order valence-electron chi connectivity index (χ4n) is 3.55. The molecule has 0 rings (SSSR count). The van der Waals surface area contributed by atoms with Gasteiger partial charge < -0.3 is 19.3 Å². The van der Waals surface area contributed by atoms with Crippen molar-refractivity contribution in [1.82, 2.24) is 0 Å². The lowest BCUT2D eigenvalue weighted by molar-refractivity contribution is 0.147. The third-order valence-corrected chi connectivity index (χ3v) is 7.52.